The van der Waals surface area contributed by atoms with E-state index < -0.39 is 18.0 Å². The summed E-state index contributed by atoms with van der Waals surface area (Å²) in [5.41, 5.74) is 0.156. The molecule has 0 radical (unpaired) electrons. The van der Waals surface area contributed by atoms with Crippen molar-refractivity contribution in [3.63, 3.8) is 0 Å². The summed E-state index contributed by atoms with van der Waals surface area (Å²) < 4.78 is 40.3. The van der Waals surface area contributed by atoms with Crippen molar-refractivity contribution in [2.75, 3.05) is 19.6 Å². The van der Waals surface area contributed by atoms with Crippen LogP contribution in [0.25, 0.3) is 0 Å². The van der Waals surface area contributed by atoms with E-state index in [4.69, 9.17) is 0 Å². The second-order valence-corrected chi connectivity index (χ2v) is 5.33. The molecule has 0 saturated carbocycles. The van der Waals surface area contributed by atoms with Crippen molar-refractivity contribution in [1.29, 1.82) is 0 Å². The van der Waals surface area contributed by atoms with Crippen LogP contribution in [0.2, 0.25) is 0 Å². The fourth-order valence-electron chi connectivity index (χ4n) is 2.50. The number of hydrogen-bond donors (Lipinski definition) is 2. The summed E-state index contributed by atoms with van der Waals surface area (Å²) in [5.74, 6) is -0.248. The van der Waals surface area contributed by atoms with Crippen LogP contribution < -0.4 is 15.4 Å². The smallest absolute Gasteiger partial charge is 0.406 e. The van der Waals surface area contributed by atoms with Gasteiger partial charge in [-0.3, -0.25) is 4.79 Å². The van der Waals surface area contributed by atoms with Crippen molar-refractivity contribution < 1.29 is 22.7 Å². The predicted molar refractivity (Wildman–Crippen MR) is 75.7 cm³/mol. The third-order valence-corrected chi connectivity index (χ3v) is 3.57. The maximum atomic E-state index is 12.2. The molecule has 1 atom stereocenters. The molecular weight excluding hydrogens is 297 g/mol. The number of benzene rings is 1. The number of rotatable bonds is 5. The highest BCUT2D eigenvalue weighted by atomic mass is 19.4. The fraction of sp³-hybridized carbons (Fsp3) is 0.533. The van der Waals surface area contributed by atoms with Crippen molar-refractivity contribution >= 4 is 5.91 Å². The van der Waals surface area contributed by atoms with Crippen molar-refractivity contribution in [2.24, 2.45) is 5.92 Å². The van der Waals surface area contributed by atoms with Gasteiger partial charge < -0.3 is 15.4 Å². The first-order valence-corrected chi connectivity index (χ1v) is 7.29. The number of carbonyl (C=O) groups excluding carboxylic acids is 1. The van der Waals surface area contributed by atoms with Crippen LogP contribution in [-0.4, -0.2) is 31.9 Å². The summed E-state index contributed by atoms with van der Waals surface area (Å²) in [6.07, 6.45) is -1.63. The number of nitrogens with one attached hydrogen (secondary N) is 2. The Bertz CT molecular complexity index is 500. The quantitative estimate of drug-likeness (QED) is 0.878. The molecule has 1 unspecified atom stereocenters. The third-order valence-electron chi connectivity index (χ3n) is 3.57. The number of piperidine rings is 1. The summed E-state index contributed by atoms with van der Waals surface area (Å²) in [6.45, 7) is 2.50. The molecule has 0 spiro atoms. The Morgan fingerprint density at radius 3 is 2.91 bits per heavy atom. The van der Waals surface area contributed by atoms with Gasteiger partial charge >= 0.3 is 6.36 Å². The largest absolute Gasteiger partial charge is 0.573 e. The number of ether oxygens (including phenoxy) is 1. The second-order valence-electron chi connectivity index (χ2n) is 5.33. The summed E-state index contributed by atoms with van der Waals surface area (Å²) in [4.78, 5) is 11.9. The lowest BCUT2D eigenvalue weighted by atomic mass is 9.96. The van der Waals surface area contributed by atoms with Gasteiger partial charge in [-0.1, -0.05) is 6.07 Å². The lowest BCUT2D eigenvalue weighted by Crippen LogP contribution is -2.33. The number of carbonyl (C=O) groups is 1. The summed E-state index contributed by atoms with van der Waals surface area (Å²) >= 11 is 0. The van der Waals surface area contributed by atoms with Gasteiger partial charge in [0.1, 0.15) is 5.75 Å². The lowest BCUT2D eigenvalue weighted by molar-refractivity contribution is -0.274. The van der Waals surface area contributed by atoms with Crippen molar-refractivity contribution in [2.45, 2.75) is 25.6 Å². The first kappa shape index (κ1) is 16.6. The molecule has 2 rings (SSSR count). The Morgan fingerprint density at radius 1 is 1.41 bits per heavy atom. The fourth-order valence-corrected chi connectivity index (χ4v) is 2.50. The number of halogens is 3. The molecule has 4 nitrogen and oxygen atoms in total. The van der Waals surface area contributed by atoms with E-state index in [1.54, 1.807) is 0 Å². The van der Waals surface area contributed by atoms with Crippen LogP contribution in [0.15, 0.2) is 24.3 Å². The van der Waals surface area contributed by atoms with E-state index in [2.05, 4.69) is 15.4 Å². The maximum absolute atomic E-state index is 12.2. The molecular formula is C15H19F3N2O2. The maximum Gasteiger partial charge on any atom is 0.573 e. The molecule has 1 fully saturated rings. The Labute approximate surface area is 127 Å². The SMILES string of the molecule is O=C(NCCC1CCCNC1)c1cccc(OC(F)(F)F)c1. The standard InChI is InChI=1S/C15H19F3N2O2/c16-15(17,18)22-13-5-1-4-12(9-13)14(21)20-8-6-11-3-2-7-19-10-11/h1,4-5,9,11,19H,2-3,6-8,10H2,(H,20,21). The first-order valence-electron chi connectivity index (χ1n) is 7.29. The molecule has 1 amide bonds. The van der Waals surface area contributed by atoms with E-state index in [0.717, 1.165) is 44.5 Å². The Hall–Kier alpha value is -1.76. The van der Waals surface area contributed by atoms with Gasteiger partial charge in [0, 0.05) is 12.1 Å². The Morgan fingerprint density at radius 2 is 2.23 bits per heavy atom. The van der Waals surface area contributed by atoms with E-state index >= 15 is 0 Å². The van der Waals surface area contributed by atoms with E-state index in [1.807, 2.05) is 0 Å². The van der Waals surface area contributed by atoms with Crippen LogP contribution in [0.3, 0.4) is 0 Å². The molecule has 2 N–H and O–H groups in total. The Kier molecular flexibility index (Phi) is 5.65. The number of hydrogen-bond acceptors (Lipinski definition) is 3. The van der Waals surface area contributed by atoms with Crippen LogP contribution in [0.5, 0.6) is 5.75 Å². The van der Waals surface area contributed by atoms with Gasteiger partial charge in [-0.05, 0) is 56.5 Å². The molecule has 1 aliphatic rings. The van der Waals surface area contributed by atoms with E-state index in [-0.39, 0.29) is 5.56 Å². The van der Waals surface area contributed by atoms with Crippen LogP contribution in [0, 0.1) is 5.92 Å². The van der Waals surface area contributed by atoms with Gasteiger partial charge in [-0.15, -0.1) is 13.2 Å². The topological polar surface area (TPSA) is 50.4 Å². The van der Waals surface area contributed by atoms with Crippen molar-refractivity contribution in [3.05, 3.63) is 29.8 Å². The third kappa shape index (κ3) is 5.55. The monoisotopic (exact) mass is 316 g/mol. The molecule has 1 heterocycles. The normalized spacial score (nSPS) is 18.8. The zero-order valence-corrected chi connectivity index (χ0v) is 12.1. The summed E-state index contributed by atoms with van der Waals surface area (Å²) in [5, 5.41) is 6.03. The van der Waals surface area contributed by atoms with E-state index in [0.29, 0.717) is 12.5 Å². The highest BCUT2D eigenvalue weighted by molar-refractivity contribution is 5.94. The summed E-state index contributed by atoms with van der Waals surface area (Å²) in [7, 11) is 0. The van der Waals surface area contributed by atoms with Crippen LogP contribution >= 0.6 is 0 Å². The van der Waals surface area contributed by atoms with Gasteiger partial charge in [0.15, 0.2) is 0 Å². The molecule has 0 bridgehead atoms. The second kappa shape index (κ2) is 7.49. The zero-order chi connectivity index (χ0) is 16.0. The van der Waals surface area contributed by atoms with Gasteiger partial charge in [0.05, 0.1) is 0 Å². The molecule has 1 aliphatic heterocycles. The minimum absolute atomic E-state index is 0.156. The number of alkyl halides is 3. The average Bonchev–Trinajstić information content (AvgIpc) is 2.47. The molecule has 0 aromatic heterocycles. The van der Waals surface area contributed by atoms with E-state index in [9.17, 15) is 18.0 Å². The van der Waals surface area contributed by atoms with Crippen LogP contribution in [0.4, 0.5) is 13.2 Å². The highest BCUT2D eigenvalue weighted by Crippen LogP contribution is 2.23. The van der Waals surface area contributed by atoms with E-state index in [1.165, 1.54) is 12.1 Å². The summed E-state index contributed by atoms with van der Waals surface area (Å²) in [6, 6.07) is 5.07. The number of amides is 1. The molecule has 0 aliphatic carbocycles. The van der Waals surface area contributed by atoms with Gasteiger partial charge in [-0.2, -0.15) is 0 Å². The van der Waals surface area contributed by atoms with Crippen LogP contribution in [-0.2, 0) is 0 Å². The van der Waals surface area contributed by atoms with Crippen molar-refractivity contribution in [1.82, 2.24) is 10.6 Å². The van der Waals surface area contributed by atoms with Crippen LogP contribution in [0.1, 0.15) is 29.6 Å². The molecule has 122 valence electrons. The predicted octanol–water partition coefficient (Wildman–Crippen LogP) is 2.70. The van der Waals surface area contributed by atoms with Gasteiger partial charge in [0.25, 0.3) is 5.91 Å². The van der Waals surface area contributed by atoms with Crippen molar-refractivity contribution in [3.8, 4) is 5.75 Å². The minimum atomic E-state index is -4.76. The first-order chi connectivity index (χ1) is 10.4. The lowest BCUT2D eigenvalue weighted by Gasteiger charge is -2.22. The molecule has 1 saturated heterocycles. The van der Waals surface area contributed by atoms with Gasteiger partial charge in [0.2, 0.25) is 0 Å². The highest BCUT2D eigenvalue weighted by Gasteiger charge is 2.31. The van der Waals surface area contributed by atoms with Gasteiger partial charge in [-0.25, -0.2) is 0 Å². The minimum Gasteiger partial charge on any atom is -0.406 e. The molecule has 22 heavy (non-hydrogen) atoms. The Balaban J connectivity index is 1.82. The molecule has 1 aromatic carbocycles. The zero-order valence-electron chi connectivity index (χ0n) is 12.1. The molecule has 7 heteroatoms. The molecule has 1 aromatic rings. The average molecular weight is 316 g/mol.